The number of benzene rings is 2. The summed E-state index contributed by atoms with van der Waals surface area (Å²) >= 11 is 1.60. The third-order valence-corrected chi connectivity index (χ3v) is 9.43. The number of carbonyl (C=O) groups is 2. The van der Waals surface area contributed by atoms with Gasteiger partial charge in [0.25, 0.3) is 0 Å². The van der Waals surface area contributed by atoms with Crippen molar-refractivity contribution in [3.63, 3.8) is 0 Å². The molecule has 42 heavy (non-hydrogen) atoms. The van der Waals surface area contributed by atoms with Crippen molar-refractivity contribution < 1.29 is 23.8 Å². The summed E-state index contributed by atoms with van der Waals surface area (Å²) in [6, 6.07) is 12.7. The van der Waals surface area contributed by atoms with Gasteiger partial charge in [0.15, 0.2) is 5.13 Å². The van der Waals surface area contributed by atoms with Crippen LogP contribution >= 0.6 is 11.3 Å². The molecule has 0 spiro atoms. The first-order valence-corrected chi connectivity index (χ1v) is 15.5. The van der Waals surface area contributed by atoms with E-state index in [1.54, 1.807) is 11.3 Å². The van der Waals surface area contributed by atoms with Gasteiger partial charge in [-0.3, -0.25) is 4.79 Å². The summed E-state index contributed by atoms with van der Waals surface area (Å²) < 4.78 is 17.1. The number of hydrogen-bond donors (Lipinski definition) is 0. The number of aryl methyl sites for hydroxylation is 1. The van der Waals surface area contributed by atoms with E-state index in [1.807, 2.05) is 31.7 Å². The molecule has 1 saturated carbocycles. The Morgan fingerprint density at radius 3 is 2.64 bits per heavy atom. The largest absolute Gasteiger partial charge is 0.488 e. The molecule has 3 aliphatic rings. The summed E-state index contributed by atoms with van der Waals surface area (Å²) in [5.74, 6) is 1.05. The van der Waals surface area contributed by atoms with Crippen molar-refractivity contribution in [2.75, 3.05) is 38.2 Å². The van der Waals surface area contributed by atoms with Gasteiger partial charge in [0, 0.05) is 37.1 Å². The molecule has 2 fully saturated rings. The fraction of sp³-hybridized carbons (Fsp3) is 0.485. The number of thiazole rings is 1. The minimum absolute atomic E-state index is 0.0979. The summed E-state index contributed by atoms with van der Waals surface area (Å²) in [6.07, 6.45) is 2.26. The number of methoxy groups -OCH3 is 1. The highest BCUT2D eigenvalue weighted by atomic mass is 32.1. The van der Waals surface area contributed by atoms with Gasteiger partial charge in [0.05, 0.1) is 18.2 Å². The molecule has 1 saturated heterocycles. The van der Waals surface area contributed by atoms with Crippen molar-refractivity contribution in [2.45, 2.75) is 59.2 Å². The molecule has 2 aromatic carbocycles. The van der Waals surface area contributed by atoms with Crippen LogP contribution < -0.4 is 9.64 Å². The molecule has 1 aliphatic carbocycles. The Balaban J connectivity index is 1.13. The topological polar surface area (TPSA) is 81.2 Å². The molecule has 0 radical (unpaired) electrons. The first kappa shape index (κ1) is 28.5. The molecular weight excluding hydrogens is 550 g/mol. The van der Waals surface area contributed by atoms with Crippen LogP contribution in [0.3, 0.4) is 0 Å². The number of rotatable bonds is 6. The van der Waals surface area contributed by atoms with Crippen molar-refractivity contribution >= 4 is 28.5 Å². The zero-order chi connectivity index (χ0) is 29.6. The third kappa shape index (κ3) is 5.71. The van der Waals surface area contributed by atoms with E-state index in [0.29, 0.717) is 32.2 Å². The molecule has 0 bridgehead atoms. The monoisotopic (exact) mass is 589 g/mol. The molecule has 0 N–H and O–H groups in total. The van der Waals surface area contributed by atoms with E-state index >= 15 is 0 Å². The molecule has 3 aromatic rings. The van der Waals surface area contributed by atoms with Crippen LogP contribution in [0, 0.1) is 18.3 Å². The number of esters is 1. The summed E-state index contributed by atoms with van der Waals surface area (Å²) in [5, 5.41) is 3.00. The standard InChI is InChI=1S/C33H39N3O5S/c1-21-6-9-28(26(14-21)27-19-42-30(34-27)36-17-25-16-33(25,20-36)29(37)39-5)40-18-22-7-8-23-10-12-35(13-11-24(23)15-22)31(38)41-32(2,3)4/h6-9,14-15,19,25H,10-13,16-18,20H2,1-5H3/t25-,33-/m0/s1. The normalized spacial score (nSPS) is 21.3. The van der Waals surface area contributed by atoms with E-state index in [2.05, 4.69) is 47.5 Å². The molecule has 0 unspecified atom stereocenters. The zero-order valence-corrected chi connectivity index (χ0v) is 25.9. The molecule has 8 nitrogen and oxygen atoms in total. The predicted molar refractivity (Wildman–Crippen MR) is 163 cm³/mol. The van der Waals surface area contributed by atoms with Crippen LogP contribution in [0.2, 0.25) is 0 Å². The molecule has 1 aromatic heterocycles. The van der Waals surface area contributed by atoms with Gasteiger partial charge in [-0.1, -0.05) is 29.8 Å². The Labute approximate surface area is 251 Å². The maximum absolute atomic E-state index is 12.6. The molecule has 3 heterocycles. The smallest absolute Gasteiger partial charge is 0.410 e. The zero-order valence-electron chi connectivity index (χ0n) is 25.1. The number of anilines is 1. The number of piperidine rings is 1. The number of amides is 1. The molecule has 2 aliphatic heterocycles. The Morgan fingerprint density at radius 1 is 1.10 bits per heavy atom. The minimum Gasteiger partial charge on any atom is -0.488 e. The predicted octanol–water partition coefficient (Wildman–Crippen LogP) is 6.03. The average molecular weight is 590 g/mol. The lowest BCUT2D eigenvalue weighted by molar-refractivity contribution is -0.146. The van der Waals surface area contributed by atoms with E-state index in [9.17, 15) is 9.59 Å². The summed E-state index contributed by atoms with van der Waals surface area (Å²) in [6.45, 7) is 11.0. The number of fused-ring (bicyclic) bond motifs is 2. The van der Waals surface area contributed by atoms with Gasteiger partial charge >= 0.3 is 12.1 Å². The van der Waals surface area contributed by atoms with Gasteiger partial charge in [-0.25, -0.2) is 9.78 Å². The van der Waals surface area contributed by atoms with Crippen molar-refractivity contribution in [2.24, 2.45) is 11.3 Å². The first-order valence-electron chi connectivity index (χ1n) is 14.7. The van der Waals surface area contributed by atoms with Crippen LogP contribution in [0.1, 0.15) is 49.4 Å². The van der Waals surface area contributed by atoms with E-state index in [0.717, 1.165) is 59.1 Å². The molecule has 2 atom stereocenters. The second-order valence-corrected chi connectivity index (χ2v) is 13.6. The number of aromatic nitrogens is 1. The van der Waals surface area contributed by atoms with Gasteiger partial charge in [-0.2, -0.15) is 0 Å². The lowest BCUT2D eigenvalue weighted by Crippen LogP contribution is -2.38. The van der Waals surface area contributed by atoms with E-state index in [4.69, 9.17) is 19.2 Å². The highest BCUT2D eigenvalue weighted by Gasteiger charge is 2.66. The first-order chi connectivity index (χ1) is 20.0. The van der Waals surface area contributed by atoms with Crippen molar-refractivity contribution in [1.82, 2.24) is 9.88 Å². The SMILES string of the molecule is COC(=O)[C@]12C[C@H]1CN(c1nc(-c3cc(C)ccc3OCc3ccc4c(c3)CCN(C(=O)OC(C)(C)C)CC4)cs1)C2. The van der Waals surface area contributed by atoms with Crippen LogP contribution in [0.4, 0.5) is 9.93 Å². The van der Waals surface area contributed by atoms with Gasteiger partial charge in [-0.15, -0.1) is 11.3 Å². The highest BCUT2D eigenvalue weighted by Crippen LogP contribution is 2.59. The Bertz CT molecular complexity index is 1510. The second-order valence-electron chi connectivity index (χ2n) is 12.8. The fourth-order valence-corrected chi connectivity index (χ4v) is 7.03. The van der Waals surface area contributed by atoms with Crippen molar-refractivity contribution in [3.8, 4) is 17.0 Å². The third-order valence-electron chi connectivity index (χ3n) is 8.53. The van der Waals surface area contributed by atoms with Gasteiger partial charge in [0.2, 0.25) is 0 Å². The number of ether oxygens (including phenoxy) is 3. The lowest BCUT2D eigenvalue weighted by Gasteiger charge is -2.26. The van der Waals surface area contributed by atoms with Gasteiger partial charge in [0.1, 0.15) is 18.0 Å². The van der Waals surface area contributed by atoms with Crippen LogP contribution in [0.25, 0.3) is 11.3 Å². The maximum Gasteiger partial charge on any atom is 0.410 e. The van der Waals surface area contributed by atoms with Crippen LogP contribution in [0.15, 0.2) is 41.8 Å². The Morgan fingerprint density at radius 2 is 1.88 bits per heavy atom. The van der Waals surface area contributed by atoms with E-state index < -0.39 is 5.60 Å². The molecule has 222 valence electrons. The van der Waals surface area contributed by atoms with E-state index in [1.165, 1.54) is 18.2 Å². The highest BCUT2D eigenvalue weighted by molar-refractivity contribution is 7.14. The average Bonchev–Trinajstić information content (AvgIpc) is 3.29. The summed E-state index contributed by atoms with van der Waals surface area (Å²) in [4.78, 5) is 34.0. The molecule has 9 heteroatoms. The molecule has 1 amide bonds. The Hall–Kier alpha value is -3.59. The lowest BCUT2D eigenvalue weighted by atomic mass is 10.0. The minimum atomic E-state index is -0.502. The number of hydrogen-bond acceptors (Lipinski definition) is 8. The number of carbonyl (C=O) groups excluding carboxylic acids is 2. The van der Waals surface area contributed by atoms with Crippen molar-refractivity contribution in [1.29, 1.82) is 0 Å². The van der Waals surface area contributed by atoms with Gasteiger partial charge in [-0.05, 0) is 81.7 Å². The van der Waals surface area contributed by atoms with Crippen LogP contribution in [0.5, 0.6) is 5.75 Å². The second kappa shape index (κ2) is 10.9. The van der Waals surface area contributed by atoms with Gasteiger partial charge < -0.3 is 24.0 Å². The molecule has 6 rings (SSSR count). The van der Waals surface area contributed by atoms with Crippen LogP contribution in [-0.4, -0.2) is 60.8 Å². The Kier molecular flexibility index (Phi) is 7.41. The van der Waals surface area contributed by atoms with E-state index in [-0.39, 0.29) is 17.5 Å². The summed E-state index contributed by atoms with van der Waals surface area (Å²) in [7, 11) is 1.47. The van der Waals surface area contributed by atoms with Crippen LogP contribution in [-0.2, 0) is 33.7 Å². The number of nitrogens with zero attached hydrogens (tertiary/aromatic N) is 3. The molecular formula is C33H39N3O5S. The summed E-state index contributed by atoms with van der Waals surface area (Å²) in [5.41, 5.74) is 5.75. The van der Waals surface area contributed by atoms with Crippen molar-refractivity contribution in [3.05, 3.63) is 64.0 Å². The fourth-order valence-electron chi connectivity index (χ4n) is 6.19. The quantitative estimate of drug-likeness (QED) is 0.325. The maximum atomic E-state index is 12.6.